The van der Waals surface area contributed by atoms with Gasteiger partial charge in [0.25, 0.3) is 5.56 Å². The van der Waals surface area contributed by atoms with Crippen molar-refractivity contribution < 1.29 is 4.74 Å². The molecule has 2 aromatic heterocycles. The number of rotatable bonds is 4. The Kier molecular flexibility index (Phi) is 3.53. The predicted octanol–water partition coefficient (Wildman–Crippen LogP) is 0.523. The van der Waals surface area contributed by atoms with E-state index in [0.717, 1.165) is 0 Å². The second-order valence-corrected chi connectivity index (χ2v) is 4.25. The Labute approximate surface area is 109 Å². The molecule has 0 saturated carbocycles. The van der Waals surface area contributed by atoms with Gasteiger partial charge in [-0.15, -0.1) is 0 Å². The molecule has 7 nitrogen and oxygen atoms in total. The van der Waals surface area contributed by atoms with Crippen LogP contribution < -0.4 is 11.3 Å². The summed E-state index contributed by atoms with van der Waals surface area (Å²) < 4.78 is 6.43. The third-order valence-electron chi connectivity index (χ3n) is 3.08. The van der Waals surface area contributed by atoms with E-state index in [-0.39, 0.29) is 11.1 Å². The standard InChI is InChI=1S/C12H15N5O2/c1-7-8(6-13)12(18)17(4-3-5-19-2)11-9(7)10(14)15-16-11/h3-5H2,1-2H3,(H3,14,15,16). The maximum absolute atomic E-state index is 12.2. The minimum atomic E-state index is -0.338. The van der Waals surface area contributed by atoms with Crippen molar-refractivity contribution in [2.75, 3.05) is 19.5 Å². The number of aryl methyl sites for hydroxylation is 2. The summed E-state index contributed by atoms with van der Waals surface area (Å²) in [7, 11) is 1.60. The minimum absolute atomic E-state index is 0.109. The van der Waals surface area contributed by atoms with Crippen molar-refractivity contribution in [1.82, 2.24) is 14.8 Å². The monoisotopic (exact) mass is 261 g/mol. The lowest BCUT2D eigenvalue weighted by atomic mass is 10.1. The lowest BCUT2D eigenvalue weighted by Gasteiger charge is -2.09. The van der Waals surface area contributed by atoms with E-state index in [2.05, 4.69) is 10.2 Å². The van der Waals surface area contributed by atoms with Crippen LogP contribution in [0.4, 0.5) is 5.82 Å². The Bertz CT molecular complexity index is 707. The largest absolute Gasteiger partial charge is 0.385 e. The number of hydrogen-bond acceptors (Lipinski definition) is 5. The van der Waals surface area contributed by atoms with Crippen molar-refractivity contribution in [2.24, 2.45) is 0 Å². The zero-order valence-electron chi connectivity index (χ0n) is 10.9. The summed E-state index contributed by atoms with van der Waals surface area (Å²) in [6.45, 7) is 2.67. The van der Waals surface area contributed by atoms with E-state index in [9.17, 15) is 4.79 Å². The van der Waals surface area contributed by atoms with Crippen LogP contribution in [0.3, 0.4) is 0 Å². The molecule has 0 unspecified atom stereocenters. The molecule has 0 aromatic carbocycles. The van der Waals surface area contributed by atoms with Crippen molar-refractivity contribution in [3.8, 4) is 6.07 Å². The van der Waals surface area contributed by atoms with Crippen LogP contribution in [-0.2, 0) is 11.3 Å². The molecular weight excluding hydrogens is 246 g/mol. The third-order valence-corrected chi connectivity index (χ3v) is 3.08. The van der Waals surface area contributed by atoms with E-state index in [0.29, 0.717) is 42.0 Å². The van der Waals surface area contributed by atoms with Gasteiger partial charge in [0, 0.05) is 20.3 Å². The van der Waals surface area contributed by atoms with Gasteiger partial charge in [0.15, 0.2) is 5.65 Å². The number of anilines is 1. The Balaban J connectivity index is 2.68. The molecule has 0 aliphatic carbocycles. The Hall–Kier alpha value is -2.33. The van der Waals surface area contributed by atoms with Crippen LogP contribution in [0.25, 0.3) is 11.0 Å². The van der Waals surface area contributed by atoms with E-state index < -0.39 is 0 Å². The lowest BCUT2D eigenvalue weighted by Crippen LogP contribution is -2.25. The summed E-state index contributed by atoms with van der Waals surface area (Å²) in [5, 5.41) is 16.5. The molecule has 0 bridgehead atoms. The number of methoxy groups -OCH3 is 1. The number of pyridine rings is 1. The Morgan fingerprint density at radius 3 is 2.95 bits per heavy atom. The molecule has 2 rings (SSSR count). The number of aromatic nitrogens is 3. The molecule has 3 N–H and O–H groups in total. The van der Waals surface area contributed by atoms with Gasteiger partial charge in [0.05, 0.1) is 5.39 Å². The number of ether oxygens (including phenoxy) is 1. The van der Waals surface area contributed by atoms with Gasteiger partial charge in [-0.05, 0) is 18.9 Å². The first-order valence-electron chi connectivity index (χ1n) is 5.87. The first kappa shape index (κ1) is 13.1. The van der Waals surface area contributed by atoms with Gasteiger partial charge in [-0.2, -0.15) is 10.4 Å². The van der Waals surface area contributed by atoms with Crippen molar-refractivity contribution >= 4 is 16.9 Å². The van der Waals surface area contributed by atoms with Gasteiger partial charge in [-0.1, -0.05) is 0 Å². The number of nitrogen functional groups attached to an aromatic ring is 1. The molecule has 0 fully saturated rings. The molecule has 0 aliphatic heterocycles. The molecule has 2 heterocycles. The van der Waals surface area contributed by atoms with E-state index in [1.54, 1.807) is 14.0 Å². The van der Waals surface area contributed by atoms with Gasteiger partial charge in [-0.25, -0.2) is 0 Å². The van der Waals surface area contributed by atoms with Crippen molar-refractivity contribution in [1.29, 1.82) is 5.26 Å². The molecular formula is C12H15N5O2. The molecule has 0 amide bonds. The maximum atomic E-state index is 12.2. The number of aromatic amines is 1. The molecule has 0 atom stereocenters. The molecule has 2 aromatic rings. The van der Waals surface area contributed by atoms with E-state index in [1.807, 2.05) is 6.07 Å². The number of nitrogens with zero attached hydrogens (tertiary/aromatic N) is 3. The molecule has 0 saturated heterocycles. The average Bonchev–Trinajstić information content (AvgIpc) is 2.76. The highest BCUT2D eigenvalue weighted by Gasteiger charge is 2.17. The summed E-state index contributed by atoms with van der Waals surface area (Å²) in [6.07, 6.45) is 0.659. The highest BCUT2D eigenvalue weighted by Crippen LogP contribution is 2.22. The third kappa shape index (κ3) is 2.06. The van der Waals surface area contributed by atoms with Crippen LogP contribution >= 0.6 is 0 Å². The predicted molar refractivity (Wildman–Crippen MR) is 70.7 cm³/mol. The highest BCUT2D eigenvalue weighted by molar-refractivity contribution is 5.90. The topological polar surface area (TPSA) is 110 Å². The molecule has 100 valence electrons. The fourth-order valence-electron chi connectivity index (χ4n) is 2.13. The summed E-state index contributed by atoms with van der Waals surface area (Å²) in [5.74, 6) is 0.365. The summed E-state index contributed by atoms with van der Waals surface area (Å²) >= 11 is 0. The van der Waals surface area contributed by atoms with Gasteiger partial charge < -0.3 is 10.5 Å². The second kappa shape index (κ2) is 5.12. The van der Waals surface area contributed by atoms with Crippen LogP contribution in [0.15, 0.2) is 4.79 Å². The van der Waals surface area contributed by atoms with Crippen LogP contribution in [-0.4, -0.2) is 28.5 Å². The zero-order valence-corrected chi connectivity index (χ0v) is 10.9. The number of nitriles is 1. The van der Waals surface area contributed by atoms with Crippen LogP contribution in [0, 0.1) is 18.3 Å². The van der Waals surface area contributed by atoms with Gasteiger partial charge in [-0.3, -0.25) is 14.5 Å². The molecule has 0 aliphatic rings. The molecule has 0 spiro atoms. The first-order valence-corrected chi connectivity index (χ1v) is 5.87. The second-order valence-electron chi connectivity index (χ2n) is 4.25. The van der Waals surface area contributed by atoms with Crippen molar-refractivity contribution in [2.45, 2.75) is 19.9 Å². The molecule has 19 heavy (non-hydrogen) atoms. The fourth-order valence-corrected chi connectivity index (χ4v) is 2.13. The molecule has 7 heteroatoms. The molecule has 0 radical (unpaired) electrons. The number of hydrogen-bond donors (Lipinski definition) is 2. The Morgan fingerprint density at radius 1 is 1.58 bits per heavy atom. The number of fused-ring (bicyclic) bond motifs is 1. The lowest BCUT2D eigenvalue weighted by molar-refractivity contribution is 0.190. The summed E-state index contributed by atoms with van der Waals surface area (Å²) in [5.41, 5.74) is 6.63. The number of nitrogens with two attached hydrogens (primary N) is 1. The zero-order chi connectivity index (χ0) is 14.0. The normalized spacial score (nSPS) is 10.8. The SMILES string of the molecule is COCCCn1c(=O)c(C#N)c(C)c2c(N)[nH]nc21. The summed E-state index contributed by atoms with van der Waals surface area (Å²) in [6, 6.07) is 1.94. The van der Waals surface area contributed by atoms with E-state index >= 15 is 0 Å². The fraction of sp³-hybridized carbons (Fsp3) is 0.417. The van der Waals surface area contributed by atoms with Gasteiger partial charge in [0.1, 0.15) is 17.5 Å². The highest BCUT2D eigenvalue weighted by atomic mass is 16.5. The van der Waals surface area contributed by atoms with Crippen LogP contribution in [0.5, 0.6) is 0 Å². The first-order chi connectivity index (χ1) is 9.11. The van der Waals surface area contributed by atoms with Gasteiger partial charge >= 0.3 is 0 Å². The number of nitrogens with one attached hydrogen (secondary N) is 1. The van der Waals surface area contributed by atoms with E-state index in [1.165, 1.54) is 4.57 Å². The van der Waals surface area contributed by atoms with Crippen LogP contribution in [0.1, 0.15) is 17.5 Å². The summed E-state index contributed by atoms with van der Waals surface area (Å²) in [4.78, 5) is 12.2. The van der Waals surface area contributed by atoms with Crippen molar-refractivity contribution in [3.05, 3.63) is 21.5 Å². The Morgan fingerprint density at radius 2 is 2.32 bits per heavy atom. The quantitative estimate of drug-likeness (QED) is 0.780. The smallest absolute Gasteiger partial charge is 0.270 e. The average molecular weight is 261 g/mol. The minimum Gasteiger partial charge on any atom is -0.385 e. The van der Waals surface area contributed by atoms with Gasteiger partial charge in [0.2, 0.25) is 0 Å². The van der Waals surface area contributed by atoms with E-state index in [4.69, 9.17) is 15.7 Å². The van der Waals surface area contributed by atoms with Crippen LogP contribution in [0.2, 0.25) is 0 Å². The number of H-pyrrole nitrogens is 1. The van der Waals surface area contributed by atoms with Crippen molar-refractivity contribution in [3.63, 3.8) is 0 Å². The maximum Gasteiger partial charge on any atom is 0.270 e.